The SMILES string of the molecule is C/C(=C\[C@H](C)N=[N+]=[N-])C(=O)N1C(=O)OC[C@@H]1C(C)C. The zero-order valence-corrected chi connectivity index (χ0v) is 11.5. The quantitative estimate of drug-likeness (QED) is 0.338. The summed E-state index contributed by atoms with van der Waals surface area (Å²) in [5.74, 6) is -0.279. The van der Waals surface area contributed by atoms with Gasteiger partial charge in [-0.25, -0.2) is 9.69 Å². The van der Waals surface area contributed by atoms with Crippen LogP contribution in [0.15, 0.2) is 16.8 Å². The summed E-state index contributed by atoms with van der Waals surface area (Å²) in [5.41, 5.74) is 8.68. The number of hydrogen-bond donors (Lipinski definition) is 0. The Morgan fingerprint density at radius 1 is 1.58 bits per heavy atom. The molecule has 1 aliphatic heterocycles. The summed E-state index contributed by atoms with van der Waals surface area (Å²) in [7, 11) is 0. The molecule has 0 bridgehead atoms. The Bertz CT molecular complexity index is 452. The maximum Gasteiger partial charge on any atom is 0.417 e. The van der Waals surface area contributed by atoms with E-state index in [2.05, 4.69) is 10.0 Å². The fourth-order valence-electron chi connectivity index (χ4n) is 1.90. The van der Waals surface area contributed by atoms with Gasteiger partial charge in [0.25, 0.3) is 5.91 Å². The van der Waals surface area contributed by atoms with Crippen molar-refractivity contribution in [2.45, 2.75) is 39.8 Å². The summed E-state index contributed by atoms with van der Waals surface area (Å²) in [6.07, 6.45) is 0.915. The van der Waals surface area contributed by atoms with Gasteiger partial charge in [-0.3, -0.25) is 4.79 Å². The van der Waals surface area contributed by atoms with Gasteiger partial charge in [0.05, 0.1) is 12.1 Å². The van der Waals surface area contributed by atoms with E-state index in [9.17, 15) is 9.59 Å². The lowest BCUT2D eigenvalue weighted by Crippen LogP contribution is -2.42. The smallest absolute Gasteiger partial charge is 0.417 e. The van der Waals surface area contributed by atoms with Crippen LogP contribution in [0.4, 0.5) is 4.79 Å². The van der Waals surface area contributed by atoms with E-state index in [1.54, 1.807) is 13.8 Å². The van der Waals surface area contributed by atoms with Crippen LogP contribution >= 0.6 is 0 Å². The molecule has 0 radical (unpaired) electrons. The standard InChI is InChI=1S/C12H18N4O3/c1-7(2)10-6-19-12(18)16(10)11(17)8(3)5-9(4)14-15-13/h5,7,9-10H,6H2,1-4H3/b8-5+/t9-,10+/m0/s1. The maximum atomic E-state index is 12.2. The zero-order chi connectivity index (χ0) is 14.6. The lowest BCUT2D eigenvalue weighted by molar-refractivity contribution is -0.125. The Morgan fingerprint density at radius 2 is 2.21 bits per heavy atom. The zero-order valence-electron chi connectivity index (χ0n) is 11.5. The number of imide groups is 1. The minimum atomic E-state index is -0.618. The van der Waals surface area contributed by atoms with Crippen molar-refractivity contribution in [1.82, 2.24) is 4.90 Å². The maximum absolute atomic E-state index is 12.2. The predicted molar refractivity (Wildman–Crippen MR) is 69.2 cm³/mol. The topological polar surface area (TPSA) is 95.4 Å². The third-order valence-electron chi connectivity index (χ3n) is 2.96. The number of nitrogens with zero attached hydrogens (tertiary/aromatic N) is 4. The van der Waals surface area contributed by atoms with Crippen LogP contribution < -0.4 is 0 Å². The molecule has 0 N–H and O–H groups in total. The average Bonchev–Trinajstić information content (AvgIpc) is 2.70. The van der Waals surface area contributed by atoms with E-state index >= 15 is 0 Å². The highest BCUT2D eigenvalue weighted by Crippen LogP contribution is 2.21. The molecule has 2 amide bonds. The Morgan fingerprint density at radius 3 is 2.74 bits per heavy atom. The van der Waals surface area contributed by atoms with Gasteiger partial charge < -0.3 is 4.74 Å². The van der Waals surface area contributed by atoms with Crippen molar-refractivity contribution < 1.29 is 14.3 Å². The van der Waals surface area contributed by atoms with E-state index in [1.165, 1.54) is 6.08 Å². The Kier molecular flexibility index (Phi) is 4.94. The molecule has 0 aromatic carbocycles. The van der Waals surface area contributed by atoms with Gasteiger partial charge in [-0.1, -0.05) is 32.0 Å². The number of carbonyl (C=O) groups excluding carboxylic acids is 2. The summed E-state index contributed by atoms with van der Waals surface area (Å²) in [6.45, 7) is 7.33. The van der Waals surface area contributed by atoms with Crippen molar-refractivity contribution in [1.29, 1.82) is 0 Å². The van der Waals surface area contributed by atoms with E-state index in [-0.39, 0.29) is 18.6 Å². The molecular formula is C12H18N4O3. The van der Waals surface area contributed by atoms with Gasteiger partial charge in [0.15, 0.2) is 0 Å². The van der Waals surface area contributed by atoms with Crippen LogP contribution in [0.2, 0.25) is 0 Å². The van der Waals surface area contributed by atoms with Crippen LogP contribution in [0.1, 0.15) is 27.7 Å². The molecule has 0 saturated carbocycles. The first kappa shape index (κ1) is 15.0. The largest absolute Gasteiger partial charge is 0.447 e. The summed E-state index contributed by atoms with van der Waals surface area (Å²) in [6, 6.07) is -0.691. The average molecular weight is 266 g/mol. The summed E-state index contributed by atoms with van der Waals surface area (Å²) in [5, 5.41) is 3.46. The van der Waals surface area contributed by atoms with Crippen molar-refractivity contribution in [2.24, 2.45) is 11.0 Å². The third-order valence-corrected chi connectivity index (χ3v) is 2.96. The molecular weight excluding hydrogens is 248 g/mol. The highest BCUT2D eigenvalue weighted by atomic mass is 16.6. The third kappa shape index (κ3) is 3.48. The first-order valence-corrected chi connectivity index (χ1v) is 6.11. The molecule has 0 spiro atoms. The molecule has 0 aromatic rings. The number of amides is 2. The molecule has 2 atom stereocenters. The Labute approximate surface area is 111 Å². The second kappa shape index (κ2) is 6.24. The van der Waals surface area contributed by atoms with E-state index in [0.717, 1.165) is 4.90 Å². The second-order valence-corrected chi connectivity index (χ2v) is 4.86. The Balaban J connectivity index is 2.91. The van der Waals surface area contributed by atoms with Crippen LogP contribution in [0, 0.1) is 5.92 Å². The highest BCUT2D eigenvalue weighted by Gasteiger charge is 2.39. The van der Waals surface area contributed by atoms with Gasteiger partial charge in [-0.15, -0.1) is 0 Å². The van der Waals surface area contributed by atoms with Gasteiger partial charge in [0.1, 0.15) is 6.61 Å². The van der Waals surface area contributed by atoms with Crippen molar-refractivity contribution in [3.63, 3.8) is 0 Å². The number of ether oxygens (including phenoxy) is 1. The summed E-state index contributed by atoms with van der Waals surface area (Å²) >= 11 is 0. The molecule has 0 aromatic heterocycles. The predicted octanol–water partition coefficient (Wildman–Crippen LogP) is 2.63. The Hall–Kier alpha value is -2.01. The molecule has 104 valence electrons. The molecule has 1 saturated heterocycles. The summed E-state index contributed by atoms with van der Waals surface area (Å²) in [4.78, 5) is 27.7. The molecule has 1 fully saturated rings. The monoisotopic (exact) mass is 266 g/mol. The molecule has 1 rings (SSSR count). The number of cyclic esters (lactones) is 1. The van der Waals surface area contributed by atoms with E-state index in [0.29, 0.717) is 5.57 Å². The van der Waals surface area contributed by atoms with Gasteiger partial charge in [0.2, 0.25) is 0 Å². The number of rotatable bonds is 4. The minimum Gasteiger partial charge on any atom is -0.447 e. The van der Waals surface area contributed by atoms with Crippen molar-refractivity contribution in [3.8, 4) is 0 Å². The van der Waals surface area contributed by atoms with Gasteiger partial charge >= 0.3 is 6.09 Å². The number of carbonyl (C=O) groups is 2. The van der Waals surface area contributed by atoms with Crippen LogP contribution in [0.3, 0.4) is 0 Å². The van der Waals surface area contributed by atoms with E-state index in [1.807, 2.05) is 13.8 Å². The van der Waals surface area contributed by atoms with Crippen LogP contribution in [0.5, 0.6) is 0 Å². The van der Waals surface area contributed by atoms with Gasteiger partial charge in [0, 0.05) is 10.5 Å². The lowest BCUT2D eigenvalue weighted by atomic mass is 10.0. The lowest BCUT2D eigenvalue weighted by Gasteiger charge is -2.22. The number of hydrogen-bond acceptors (Lipinski definition) is 4. The molecule has 7 heteroatoms. The van der Waals surface area contributed by atoms with Crippen LogP contribution in [0.25, 0.3) is 10.4 Å². The molecule has 0 unspecified atom stereocenters. The van der Waals surface area contributed by atoms with Gasteiger partial charge in [-0.05, 0) is 18.4 Å². The normalized spacial score (nSPS) is 21.1. The van der Waals surface area contributed by atoms with Crippen LogP contribution in [-0.2, 0) is 9.53 Å². The van der Waals surface area contributed by atoms with Gasteiger partial charge in [-0.2, -0.15) is 0 Å². The summed E-state index contributed by atoms with van der Waals surface area (Å²) < 4.78 is 4.92. The van der Waals surface area contributed by atoms with Crippen molar-refractivity contribution >= 4 is 12.0 Å². The fourth-order valence-corrected chi connectivity index (χ4v) is 1.90. The van der Waals surface area contributed by atoms with Crippen molar-refractivity contribution in [3.05, 3.63) is 22.1 Å². The van der Waals surface area contributed by atoms with E-state index in [4.69, 9.17) is 10.3 Å². The second-order valence-electron chi connectivity index (χ2n) is 4.86. The molecule has 1 aliphatic rings. The van der Waals surface area contributed by atoms with Crippen LogP contribution in [-0.4, -0.2) is 35.6 Å². The van der Waals surface area contributed by atoms with E-state index < -0.39 is 18.0 Å². The number of azide groups is 1. The molecule has 0 aliphatic carbocycles. The fraction of sp³-hybridized carbons (Fsp3) is 0.667. The molecule has 1 heterocycles. The molecule has 19 heavy (non-hydrogen) atoms. The highest BCUT2D eigenvalue weighted by molar-refractivity contribution is 6.03. The first-order chi connectivity index (χ1) is 8.88. The van der Waals surface area contributed by atoms with Crippen molar-refractivity contribution in [2.75, 3.05) is 6.61 Å². The first-order valence-electron chi connectivity index (χ1n) is 6.11. The minimum absolute atomic E-state index is 0.123. The molecule has 7 nitrogen and oxygen atoms in total.